The number of hydrogen-bond acceptors (Lipinski definition) is 2. The smallest absolute Gasteiger partial charge is 0.335 e. The van der Waals surface area contributed by atoms with Crippen LogP contribution in [0.1, 0.15) is 47.3 Å². The van der Waals surface area contributed by atoms with E-state index in [4.69, 9.17) is 0 Å². The van der Waals surface area contributed by atoms with Crippen LogP contribution < -0.4 is 5.32 Å². The van der Waals surface area contributed by atoms with E-state index < -0.39 is 5.97 Å². The maximum Gasteiger partial charge on any atom is 0.335 e. The second-order valence-corrected chi connectivity index (χ2v) is 6.94. The summed E-state index contributed by atoms with van der Waals surface area (Å²) in [6.07, 6.45) is 0.688. The molecule has 0 radical (unpaired) electrons. The van der Waals surface area contributed by atoms with Crippen molar-refractivity contribution >= 4 is 11.9 Å². The van der Waals surface area contributed by atoms with E-state index in [0.717, 1.165) is 0 Å². The summed E-state index contributed by atoms with van der Waals surface area (Å²) in [5.41, 5.74) is 3.20. The molecule has 0 fully saturated rings. The van der Waals surface area contributed by atoms with E-state index in [9.17, 15) is 14.7 Å². The van der Waals surface area contributed by atoms with Gasteiger partial charge in [0, 0.05) is 18.4 Å². The summed E-state index contributed by atoms with van der Waals surface area (Å²) in [5, 5.41) is 12.2. The largest absolute Gasteiger partial charge is 0.478 e. The number of amides is 1. The Bertz CT molecular complexity index is 765. The second kappa shape index (κ2) is 7.97. The number of carbonyl (C=O) groups excluding carboxylic acids is 1. The van der Waals surface area contributed by atoms with Crippen molar-refractivity contribution in [1.29, 1.82) is 0 Å². The average Bonchev–Trinajstić information content (AvgIpc) is 2.58. The third-order valence-electron chi connectivity index (χ3n) is 4.47. The molecule has 25 heavy (non-hydrogen) atoms. The van der Waals surface area contributed by atoms with Crippen molar-refractivity contribution in [3.8, 4) is 0 Å². The SMILES string of the molecule is Cc1ccccc1C(C)(C)CNC(=O)CCc1ccccc1C(=O)O. The molecule has 0 bridgehead atoms. The molecule has 0 aliphatic rings. The molecule has 0 atom stereocenters. The van der Waals surface area contributed by atoms with Gasteiger partial charge in [0.2, 0.25) is 5.91 Å². The van der Waals surface area contributed by atoms with E-state index in [1.807, 2.05) is 12.1 Å². The molecule has 0 heterocycles. The first kappa shape index (κ1) is 18.7. The Labute approximate surface area is 148 Å². The summed E-state index contributed by atoms with van der Waals surface area (Å²) in [7, 11) is 0. The van der Waals surface area contributed by atoms with E-state index in [2.05, 4.69) is 38.2 Å². The van der Waals surface area contributed by atoms with E-state index >= 15 is 0 Å². The highest BCUT2D eigenvalue weighted by molar-refractivity contribution is 5.89. The van der Waals surface area contributed by atoms with Crippen molar-refractivity contribution in [3.63, 3.8) is 0 Å². The van der Waals surface area contributed by atoms with Crippen molar-refractivity contribution in [3.05, 3.63) is 70.8 Å². The lowest BCUT2D eigenvalue weighted by Crippen LogP contribution is -2.37. The van der Waals surface area contributed by atoms with Crippen LogP contribution in [-0.4, -0.2) is 23.5 Å². The summed E-state index contributed by atoms with van der Waals surface area (Å²) in [4.78, 5) is 23.4. The van der Waals surface area contributed by atoms with Crippen LogP contribution in [0, 0.1) is 6.92 Å². The second-order valence-electron chi connectivity index (χ2n) is 6.94. The van der Waals surface area contributed by atoms with Crippen molar-refractivity contribution in [2.45, 2.75) is 39.0 Å². The molecule has 4 heteroatoms. The molecule has 2 rings (SSSR count). The van der Waals surface area contributed by atoms with Gasteiger partial charge in [0.15, 0.2) is 0 Å². The Hall–Kier alpha value is -2.62. The topological polar surface area (TPSA) is 66.4 Å². The van der Waals surface area contributed by atoms with Crippen LogP contribution in [0.3, 0.4) is 0 Å². The number of rotatable bonds is 7. The minimum atomic E-state index is -0.961. The lowest BCUT2D eigenvalue weighted by Gasteiger charge is -2.27. The number of aromatic carboxylic acids is 1. The molecule has 0 unspecified atom stereocenters. The number of hydrogen-bond donors (Lipinski definition) is 2. The van der Waals surface area contributed by atoms with Crippen LogP contribution in [0.15, 0.2) is 48.5 Å². The Balaban J connectivity index is 1.93. The molecule has 2 N–H and O–H groups in total. The van der Waals surface area contributed by atoms with E-state index in [0.29, 0.717) is 18.5 Å². The van der Waals surface area contributed by atoms with Gasteiger partial charge >= 0.3 is 5.97 Å². The van der Waals surface area contributed by atoms with Crippen LogP contribution in [0.25, 0.3) is 0 Å². The fraction of sp³-hybridized carbons (Fsp3) is 0.333. The first-order valence-corrected chi connectivity index (χ1v) is 8.45. The predicted molar refractivity (Wildman–Crippen MR) is 98.9 cm³/mol. The molecule has 0 aliphatic carbocycles. The number of nitrogens with one attached hydrogen (secondary N) is 1. The van der Waals surface area contributed by atoms with Gasteiger partial charge in [-0.3, -0.25) is 4.79 Å². The van der Waals surface area contributed by atoms with Gasteiger partial charge in [0.05, 0.1) is 5.56 Å². The van der Waals surface area contributed by atoms with Gasteiger partial charge in [0.1, 0.15) is 0 Å². The zero-order valence-electron chi connectivity index (χ0n) is 15.0. The molecule has 2 aromatic rings. The van der Waals surface area contributed by atoms with Gasteiger partial charge in [-0.05, 0) is 36.1 Å². The predicted octanol–water partition coefficient (Wildman–Crippen LogP) is 3.72. The van der Waals surface area contributed by atoms with Crippen LogP contribution in [0.2, 0.25) is 0 Å². The van der Waals surface area contributed by atoms with Crippen LogP contribution in [0.4, 0.5) is 0 Å². The molecule has 0 saturated heterocycles. The molecule has 0 saturated carbocycles. The monoisotopic (exact) mass is 339 g/mol. The summed E-state index contributed by atoms with van der Waals surface area (Å²) >= 11 is 0. The first-order chi connectivity index (χ1) is 11.8. The minimum absolute atomic E-state index is 0.0677. The van der Waals surface area contributed by atoms with E-state index in [1.165, 1.54) is 11.1 Å². The number of aryl methyl sites for hydroxylation is 2. The maximum atomic E-state index is 12.2. The Morgan fingerprint density at radius 1 is 1.04 bits per heavy atom. The average molecular weight is 339 g/mol. The van der Waals surface area contributed by atoms with Crippen molar-refractivity contribution in [2.75, 3.05) is 6.54 Å². The van der Waals surface area contributed by atoms with Crippen molar-refractivity contribution < 1.29 is 14.7 Å². The number of carboxylic acids is 1. The van der Waals surface area contributed by atoms with Gasteiger partial charge in [-0.25, -0.2) is 4.79 Å². The molecule has 1 amide bonds. The molecule has 2 aromatic carbocycles. The Kier molecular flexibility index (Phi) is 5.97. The van der Waals surface area contributed by atoms with Gasteiger partial charge in [0.25, 0.3) is 0 Å². The minimum Gasteiger partial charge on any atom is -0.478 e. The highest BCUT2D eigenvalue weighted by atomic mass is 16.4. The number of benzene rings is 2. The fourth-order valence-corrected chi connectivity index (χ4v) is 3.03. The molecule has 4 nitrogen and oxygen atoms in total. The van der Waals surface area contributed by atoms with Crippen molar-refractivity contribution in [1.82, 2.24) is 5.32 Å². The fourth-order valence-electron chi connectivity index (χ4n) is 3.03. The third kappa shape index (κ3) is 4.92. The molecule has 132 valence electrons. The molecular formula is C21H25NO3. The van der Waals surface area contributed by atoms with E-state index in [-0.39, 0.29) is 23.3 Å². The van der Waals surface area contributed by atoms with Gasteiger partial charge in [-0.2, -0.15) is 0 Å². The summed E-state index contributed by atoms with van der Waals surface area (Å²) in [6.45, 7) is 6.82. The highest BCUT2D eigenvalue weighted by Crippen LogP contribution is 2.25. The van der Waals surface area contributed by atoms with Gasteiger partial charge in [-0.1, -0.05) is 56.3 Å². The standard InChI is InChI=1S/C21H25NO3/c1-15-8-4-7-11-18(15)21(2,3)14-22-19(23)13-12-16-9-5-6-10-17(16)20(24)25/h4-11H,12-14H2,1-3H3,(H,22,23)(H,24,25). The van der Waals surface area contributed by atoms with Crippen LogP contribution in [-0.2, 0) is 16.6 Å². The highest BCUT2D eigenvalue weighted by Gasteiger charge is 2.23. The lowest BCUT2D eigenvalue weighted by atomic mass is 9.82. The quantitative estimate of drug-likeness (QED) is 0.808. The lowest BCUT2D eigenvalue weighted by molar-refractivity contribution is -0.121. The number of carboxylic acid groups (broad SMARTS) is 1. The summed E-state index contributed by atoms with van der Waals surface area (Å²) in [5.74, 6) is -1.03. The number of carbonyl (C=O) groups is 2. The maximum absolute atomic E-state index is 12.2. The van der Waals surface area contributed by atoms with Crippen LogP contribution in [0.5, 0.6) is 0 Å². The molecule has 0 spiro atoms. The van der Waals surface area contributed by atoms with Crippen LogP contribution >= 0.6 is 0 Å². The first-order valence-electron chi connectivity index (χ1n) is 8.45. The van der Waals surface area contributed by atoms with E-state index in [1.54, 1.807) is 24.3 Å². The molecule has 0 aliphatic heterocycles. The summed E-state index contributed by atoms with van der Waals surface area (Å²) in [6, 6.07) is 15.0. The third-order valence-corrected chi connectivity index (χ3v) is 4.47. The molecule has 0 aromatic heterocycles. The zero-order chi connectivity index (χ0) is 18.4. The normalized spacial score (nSPS) is 11.2. The van der Waals surface area contributed by atoms with Gasteiger partial charge in [-0.15, -0.1) is 0 Å². The summed E-state index contributed by atoms with van der Waals surface area (Å²) < 4.78 is 0. The van der Waals surface area contributed by atoms with Gasteiger partial charge < -0.3 is 10.4 Å². The zero-order valence-corrected chi connectivity index (χ0v) is 15.0. The Morgan fingerprint density at radius 2 is 1.68 bits per heavy atom. The molecular weight excluding hydrogens is 314 g/mol. The van der Waals surface area contributed by atoms with Crippen molar-refractivity contribution in [2.24, 2.45) is 0 Å². The Morgan fingerprint density at radius 3 is 2.36 bits per heavy atom.